The first-order chi connectivity index (χ1) is 6.48. The van der Waals surface area contributed by atoms with Gasteiger partial charge in [-0.15, -0.1) is 0 Å². The Morgan fingerprint density at radius 2 is 2.00 bits per heavy atom. The van der Waals surface area contributed by atoms with E-state index < -0.39 is 0 Å². The van der Waals surface area contributed by atoms with Crippen LogP contribution in [0.4, 0.5) is 0 Å². The molecule has 1 aromatic heterocycles. The van der Waals surface area contributed by atoms with Crippen LogP contribution in [0.15, 0.2) is 0 Å². The summed E-state index contributed by atoms with van der Waals surface area (Å²) in [5.74, 6) is 0.748. The summed E-state index contributed by atoms with van der Waals surface area (Å²) in [6, 6.07) is 0. The minimum absolute atomic E-state index is 0.422. The van der Waals surface area contributed by atoms with Crippen molar-refractivity contribution in [1.82, 2.24) is 0 Å². The van der Waals surface area contributed by atoms with Crippen LogP contribution in [0.2, 0.25) is 0 Å². The summed E-state index contributed by atoms with van der Waals surface area (Å²) in [5.41, 5.74) is 2.41. The zero-order chi connectivity index (χ0) is 10.1. The van der Waals surface area contributed by atoms with Crippen molar-refractivity contribution in [1.29, 1.82) is 0 Å². The largest absolute Gasteiger partial charge is 0.105 e. The Hall–Kier alpha value is 0.270. The van der Waals surface area contributed by atoms with Gasteiger partial charge in [-0.05, 0) is 29.7 Å². The van der Waals surface area contributed by atoms with Crippen LogP contribution in [0.1, 0.15) is 50.0 Å². The molecule has 1 saturated carbocycles. The molecule has 2 bridgehead atoms. The summed E-state index contributed by atoms with van der Waals surface area (Å²) in [7, 11) is 3.75. The van der Waals surface area contributed by atoms with E-state index in [2.05, 4.69) is 20.8 Å². The van der Waals surface area contributed by atoms with Gasteiger partial charge in [-0.1, -0.05) is 53.7 Å². The van der Waals surface area contributed by atoms with E-state index in [-0.39, 0.29) is 0 Å². The summed E-state index contributed by atoms with van der Waals surface area (Å²) in [6.07, 6.45) is 2.71. The van der Waals surface area contributed by atoms with Crippen molar-refractivity contribution in [2.24, 2.45) is 5.41 Å². The number of hydrogen-bond donors (Lipinski definition) is 0. The Bertz CT molecular complexity index is 451. The van der Waals surface area contributed by atoms with Crippen LogP contribution in [0.3, 0.4) is 0 Å². The van der Waals surface area contributed by atoms with E-state index in [0.29, 0.717) is 10.8 Å². The van der Waals surface area contributed by atoms with Gasteiger partial charge in [0.1, 0.15) is 3.82 Å². The van der Waals surface area contributed by atoms with Crippen LogP contribution in [0, 0.1) is 9.24 Å². The summed E-state index contributed by atoms with van der Waals surface area (Å²) in [6.45, 7) is 7.30. The van der Waals surface area contributed by atoms with E-state index in [4.69, 9.17) is 12.2 Å². The van der Waals surface area contributed by atoms with E-state index in [9.17, 15) is 0 Å². The highest BCUT2D eigenvalue weighted by atomic mass is 32.9. The van der Waals surface area contributed by atoms with Crippen LogP contribution < -0.4 is 0 Å². The maximum absolute atomic E-state index is 5.46. The Balaban J connectivity index is 2.37. The predicted molar refractivity (Wildman–Crippen MR) is 66.1 cm³/mol. The highest BCUT2D eigenvalue weighted by Crippen LogP contribution is 2.69. The van der Waals surface area contributed by atoms with Gasteiger partial charge in [-0.25, -0.2) is 0 Å². The molecule has 0 N–H and O–H groups in total. The van der Waals surface area contributed by atoms with Crippen molar-refractivity contribution in [3.63, 3.8) is 0 Å². The maximum Gasteiger partial charge on any atom is 0.105 e. The fourth-order valence-corrected chi connectivity index (χ4v) is 6.99. The van der Waals surface area contributed by atoms with Crippen molar-refractivity contribution < 1.29 is 0 Å². The highest BCUT2D eigenvalue weighted by molar-refractivity contribution is 7.79. The Morgan fingerprint density at radius 1 is 1.29 bits per heavy atom. The lowest BCUT2D eigenvalue weighted by molar-refractivity contribution is 0.233. The lowest BCUT2D eigenvalue weighted by Gasteiger charge is -2.34. The molecule has 14 heavy (non-hydrogen) atoms. The van der Waals surface area contributed by atoms with Crippen molar-refractivity contribution in [2.45, 2.75) is 44.9 Å². The molecule has 1 fully saturated rings. The smallest absolute Gasteiger partial charge is 0.0828 e. The van der Waals surface area contributed by atoms with Crippen LogP contribution in [-0.2, 0) is 5.41 Å². The van der Waals surface area contributed by atoms with Gasteiger partial charge in [0.2, 0.25) is 0 Å². The Morgan fingerprint density at radius 3 is 2.64 bits per heavy atom. The van der Waals surface area contributed by atoms with Gasteiger partial charge in [0.15, 0.2) is 0 Å². The predicted octanol–water partition coefficient (Wildman–Crippen LogP) is 4.71. The Labute approximate surface area is 97.4 Å². The SMILES string of the molecule is CC12CCC(c3c1ssc3=S)C2(C)C. The zero-order valence-electron chi connectivity index (χ0n) is 8.72. The molecular formula is C11H14S3. The van der Waals surface area contributed by atoms with E-state index in [0.717, 1.165) is 5.92 Å². The number of fused-ring (bicyclic) bond motifs is 5. The van der Waals surface area contributed by atoms with Gasteiger partial charge < -0.3 is 0 Å². The fraction of sp³-hybridized carbons (Fsp3) is 0.727. The zero-order valence-corrected chi connectivity index (χ0v) is 11.2. The van der Waals surface area contributed by atoms with Crippen LogP contribution in [-0.4, -0.2) is 0 Å². The second-order valence-electron chi connectivity index (χ2n) is 5.34. The quantitative estimate of drug-likeness (QED) is 0.469. The summed E-state index contributed by atoms with van der Waals surface area (Å²) >= 11 is 5.46. The molecule has 0 amide bonds. The van der Waals surface area contributed by atoms with Crippen LogP contribution >= 0.6 is 32.9 Å². The molecule has 2 unspecified atom stereocenters. The summed E-state index contributed by atoms with van der Waals surface area (Å²) in [4.78, 5) is 1.62. The minimum Gasteiger partial charge on any atom is -0.0828 e. The van der Waals surface area contributed by atoms with Gasteiger partial charge in [-0.3, -0.25) is 0 Å². The standard InChI is InChI=1S/C11H14S3/c1-10(2)6-4-5-11(10,3)8-7(6)9(12)14-13-8/h6H,4-5H2,1-3H3. The maximum atomic E-state index is 5.46. The minimum atomic E-state index is 0.422. The highest BCUT2D eigenvalue weighted by Gasteiger charge is 2.60. The van der Waals surface area contributed by atoms with Crippen LogP contribution in [0.25, 0.3) is 0 Å². The molecule has 1 heterocycles. The van der Waals surface area contributed by atoms with E-state index in [1.54, 1.807) is 10.4 Å². The molecule has 1 aromatic rings. The van der Waals surface area contributed by atoms with Gasteiger partial charge >= 0.3 is 0 Å². The first-order valence-electron chi connectivity index (χ1n) is 5.12. The molecule has 0 saturated heterocycles. The summed E-state index contributed by atoms with van der Waals surface area (Å²) < 4.78 is 1.17. The second kappa shape index (κ2) is 2.50. The average molecular weight is 242 g/mol. The molecule has 2 atom stereocenters. The molecule has 0 aromatic carbocycles. The summed E-state index contributed by atoms with van der Waals surface area (Å²) in [5, 5.41) is 0. The van der Waals surface area contributed by atoms with E-state index in [1.165, 1.54) is 16.7 Å². The molecule has 3 rings (SSSR count). The molecule has 76 valence electrons. The van der Waals surface area contributed by atoms with Gasteiger partial charge in [0, 0.05) is 10.3 Å². The molecule has 0 nitrogen and oxygen atoms in total. The Kier molecular flexibility index (Phi) is 1.70. The lowest BCUT2D eigenvalue weighted by Crippen LogP contribution is -2.30. The molecule has 2 aliphatic rings. The number of hydrogen-bond acceptors (Lipinski definition) is 3. The third-order valence-corrected chi connectivity index (χ3v) is 8.07. The first-order valence-corrected chi connectivity index (χ1v) is 7.68. The molecule has 2 aliphatic carbocycles. The molecule has 0 spiro atoms. The van der Waals surface area contributed by atoms with Crippen molar-refractivity contribution >= 4 is 32.9 Å². The topological polar surface area (TPSA) is 0 Å². The van der Waals surface area contributed by atoms with Gasteiger partial charge in [-0.2, -0.15) is 0 Å². The molecular weight excluding hydrogens is 228 g/mol. The van der Waals surface area contributed by atoms with Crippen molar-refractivity contribution in [3.05, 3.63) is 14.3 Å². The molecule has 3 heteroatoms. The van der Waals surface area contributed by atoms with Gasteiger partial charge in [0.25, 0.3) is 0 Å². The monoisotopic (exact) mass is 242 g/mol. The molecule has 0 aliphatic heterocycles. The molecule has 0 radical (unpaired) electrons. The normalized spacial score (nSPS) is 37.5. The first kappa shape index (κ1) is 9.49. The lowest BCUT2D eigenvalue weighted by atomic mass is 9.71. The third-order valence-electron chi connectivity index (χ3n) is 4.74. The van der Waals surface area contributed by atoms with Crippen LogP contribution in [0.5, 0.6) is 0 Å². The van der Waals surface area contributed by atoms with E-state index in [1.807, 2.05) is 20.7 Å². The number of rotatable bonds is 0. The van der Waals surface area contributed by atoms with Gasteiger partial charge in [0.05, 0.1) is 0 Å². The van der Waals surface area contributed by atoms with E-state index >= 15 is 0 Å². The van der Waals surface area contributed by atoms with Crippen molar-refractivity contribution in [2.75, 3.05) is 0 Å². The third kappa shape index (κ3) is 0.795. The average Bonchev–Trinajstić information content (AvgIpc) is 2.63. The second-order valence-corrected chi connectivity index (χ2v) is 8.16. The fourth-order valence-electron chi connectivity index (χ4n) is 3.36. The van der Waals surface area contributed by atoms with Crippen molar-refractivity contribution in [3.8, 4) is 0 Å².